The van der Waals surface area contributed by atoms with Crippen molar-refractivity contribution in [3.05, 3.63) is 28.4 Å². The lowest BCUT2D eigenvalue weighted by atomic mass is 10.1. The molecule has 102 valence electrons. The highest BCUT2D eigenvalue weighted by Crippen LogP contribution is 2.35. The van der Waals surface area contributed by atoms with Crippen molar-refractivity contribution in [3.8, 4) is 5.75 Å². The van der Waals surface area contributed by atoms with E-state index >= 15 is 0 Å². The second kappa shape index (κ2) is 5.75. The molecule has 0 saturated heterocycles. The van der Waals surface area contributed by atoms with E-state index < -0.39 is 0 Å². The van der Waals surface area contributed by atoms with E-state index in [0.717, 1.165) is 38.9 Å². The third-order valence-electron chi connectivity index (χ3n) is 2.92. The number of nitrogens with zero attached hydrogens (tertiary/aromatic N) is 1. The number of benzene rings is 1. The van der Waals surface area contributed by atoms with Crippen molar-refractivity contribution in [2.24, 2.45) is 11.8 Å². The molecule has 0 aliphatic heterocycles. The summed E-state index contributed by atoms with van der Waals surface area (Å²) >= 11 is 3.54. The molecule has 1 aromatic heterocycles. The molecule has 0 unspecified atom stereocenters. The van der Waals surface area contributed by atoms with Crippen LogP contribution in [0.4, 0.5) is 5.69 Å². The number of fused-ring (bicyclic) bond motifs is 1. The van der Waals surface area contributed by atoms with E-state index in [9.17, 15) is 0 Å². The number of nitrogens with one attached hydrogen (secondary N) is 1. The summed E-state index contributed by atoms with van der Waals surface area (Å²) < 4.78 is 6.33. The van der Waals surface area contributed by atoms with Gasteiger partial charge >= 0.3 is 0 Å². The SMILES string of the molecule is COc1ccc(Br)c2c(NN)cc(CC(C)C)nc12. The molecule has 0 spiro atoms. The second-order valence-corrected chi connectivity index (χ2v) is 5.73. The van der Waals surface area contributed by atoms with Crippen LogP contribution in [0.2, 0.25) is 0 Å². The van der Waals surface area contributed by atoms with Gasteiger partial charge in [0, 0.05) is 15.6 Å². The molecule has 2 aromatic rings. The summed E-state index contributed by atoms with van der Waals surface area (Å²) in [7, 11) is 1.65. The van der Waals surface area contributed by atoms with Crippen molar-refractivity contribution >= 4 is 32.5 Å². The lowest BCUT2D eigenvalue weighted by Gasteiger charge is -2.14. The summed E-state index contributed by atoms with van der Waals surface area (Å²) in [4.78, 5) is 4.71. The minimum absolute atomic E-state index is 0.536. The van der Waals surface area contributed by atoms with Crippen LogP contribution in [0.3, 0.4) is 0 Å². The number of hydrogen-bond donors (Lipinski definition) is 2. The Bertz CT molecular complexity index is 599. The first-order valence-corrected chi connectivity index (χ1v) is 6.98. The number of rotatable bonds is 4. The van der Waals surface area contributed by atoms with Crippen LogP contribution in [-0.2, 0) is 6.42 Å². The molecule has 0 amide bonds. The number of pyridine rings is 1. The van der Waals surface area contributed by atoms with Crippen LogP contribution in [-0.4, -0.2) is 12.1 Å². The van der Waals surface area contributed by atoms with Crippen molar-refractivity contribution in [2.75, 3.05) is 12.5 Å². The maximum atomic E-state index is 5.64. The van der Waals surface area contributed by atoms with Crippen LogP contribution in [0.1, 0.15) is 19.5 Å². The molecule has 19 heavy (non-hydrogen) atoms. The Morgan fingerprint density at radius 1 is 1.42 bits per heavy atom. The second-order valence-electron chi connectivity index (χ2n) is 4.88. The van der Waals surface area contributed by atoms with Gasteiger partial charge in [0.1, 0.15) is 11.3 Å². The summed E-state index contributed by atoms with van der Waals surface area (Å²) in [6.07, 6.45) is 0.903. The third-order valence-corrected chi connectivity index (χ3v) is 3.58. The standard InChI is InChI=1S/C14H18BrN3O/c1-8(2)6-9-7-11(18-16)13-10(15)4-5-12(19-3)14(13)17-9/h4-5,7-8H,6,16H2,1-3H3,(H,17,18). The van der Waals surface area contributed by atoms with E-state index in [-0.39, 0.29) is 0 Å². The molecule has 5 heteroatoms. The van der Waals surface area contributed by atoms with E-state index in [1.807, 2.05) is 18.2 Å². The molecule has 1 aromatic carbocycles. The number of methoxy groups -OCH3 is 1. The number of hydrazine groups is 1. The van der Waals surface area contributed by atoms with Crippen LogP contribution in [0.25, 0.3) is 10.9 Å². The third kappa shape index (κ3) is 2.82. The van der Waals surface area contributed by atoms with E-state index in [1.165, 1.54) is 0 Å². The normalized spacial score (nSPS) is 11.1. The van der Waals surface area contributed by atoms with Crippen molar-refractivity contribution < 1.29 is 4.74 Å². The van der Waals surface area contributed by atoms with Gasteiger partial charge in [-0.2, -0.15) is 0 Å². The quantitative estimate of drug-likeness (QED) is 0.668. The summed E-state index contributed by atoms with van der Waals surface area (Å²) in [5.74, 6) is 6.92. The zero-order chi connectivity index (χ0) is 14.0. The van der Waals surface area contributed by atoms with Gasteiger partial charge in [0.2, 0.25) is 0 Å². The lowest BCUT2D eigenvalue weighted by molar-refractivity contribution is 0.418. The molecule has 0 fully saturated rings. The minimum atomic E-state index is 0.536. The van der Waals surface area contributed by atoms with Crippen molar-refractivity contribution in [1.29, 1.82) is 0 Å². The first-order valence-electron chi connectivity index (χ1n) is 6.19. The van der Waals surface area contributed by atoms with Gasteiger partial charge in [-0.3, -0.25) is 5.84 Å². The predicted molar refractivity (Wildman–Crippen MR) is 82.3 cm³/mol. The van der Waals surface area contributed by atoms with Gasteiger partial charge in [0.05, 0.1) is 12.8 Å². The molecule has 0 bridgehead atoms. The highest BCUT2D eigenvalue weighted by Gasteiger charge is 2.13. The van der Waals surface area contributed by atoms with Crippen molar-refractivity contribution in [3.63, 3.8) is 0 Å². The predicted octanol–water partition coefficient (Wildman–Crippen LogP) is 3.49. The smallest absolute Gasteiger partial charge is 0.145 e. The van der Waals surface area contributed by atoms with Crippen LogP contribution in [0.15, 0.2) is 22.7 Å². The van der Waals surface area contributed by atoms with Gasteiger partial charge in [-0.1, -0.05) is 29.8 Å². The Hall–Kier alpha value is -1.33. The molecule has 4 nitrogen and oxygen atoms in total. The van der Waals surface area contributed by atoms with E-state index in [0.29, 0.717) is 5.92 Å². The molecule has 1 heterocycles. The fourth-order valence-electron chi connectivity index (χ4n) is 2.13. The molecule has 0 aliphatic rings. The van der Waals surface area contributed by atoms with Crippen LogP contribution < -0.4 is 16.0 Å². The van der Waals surface area contributed by atoms with E-state index in [2.05, 4.69) is 35.2 Å². The fraction of sp³-hybridized carbons (Fsp3) is 0.357. The topological polar surface area (TPSA) is 60.2 Å². The highest BCUT2D eigenvalue weighted by atomic mass is 79.9. The zero-order valence-electron chi connectivity index (χ0n) is 11.3. The van der Waals surface area contributed by atoms with Gasteiger partial charge in [-0.05, 0) is 30.5 Å². The van der Waals surface area contributed by atoms with E-state index in [1.54, 1.807) is 7.11 Å². The average Bonchev–Trinajstić information content (AvgIpc) is 2.37. The largest absolute Gasteiger partial charge is 0.494 e. The van der Waals surface area contributed by atoms with E-state index in [4.69, 9.17) is 15.6 Å². The maximum absolute atomic E-state index is 5.64. The molecule has 3 N–H and O–H groups in total. The maximum Gasteiger partial charge on any atom is 0.145 e. The Morgan fingerprint density at radius 3 is 2.74 bits per heavy atom. The van der Waals surface area contributed by atoms with Gasteiger partial charge in [-0.15, -0.1) is 0 Å². The zero-order valence-corrected chi connectivity index (χ0v) is 12.9. The summed E-state index contributed by atoms with van der Waals surface area (Å²) in [6.45, 7) is 4.33. The van der Waals surface area contributed by atoms with Crippen LogP contribution in [0, 0.1) is 5.92 Å². The fourth-order valence-corrected chi connectivity index (χ4v) is 2.66. The number of aromatic nitrogens is 1. The number of ether oxygens (including phenoxy) is 1. The molecule has 0 aliphatic carbocycles. The molecule has 2 rings (SSSR count). The number of hydrogen-bond acceptors (Lipinski definition) is 4. The summed E-state index contributed by atoms with van der Waals surface area (Å²) in [5, 5.41) is 0.939. The lowest BCUT2D eigenvalue weighted by Crippen LogP contribution is -2.09. The van der Waals surface area contributed by atoms with Crippen LogP contribution >= 0.6 is 15.9 Å². The average molecular weight is 324 g/mol. The summed E-state index contributed by atoms with van der Waals surface area (Å²) in [6, 6.07) is 5.83. The van der Waals surface area contributed by atoms with Gasteiger partial charge in [0.25, 0.3) is 0 Å². The highest BCUT2D eigenvalue weighted by molar-refractivity contribution is 9.10. The summed E-state index contributed by atoms with van der Waals surface area (Å²) in [5.41, 5.74) is 5.43. The van der Waals surface area contributed by atoms with Crippen molar-refractivity contribution in [2.45, 2.75) is 20.3 Å². The number of halogens is 1. The monoisotopic (exact) mass is 323 g/mol. The molecular formula is C14H18BrN3O. The molecule has 0 saturated carbocycles. The minimum Gasteiger partial charge on any atom is -0.494 e. The molecule has 0 radical (unpaired) electrons. The number of nitrogen functional groups attached to an aromatic ring is 1. The van der Waals surface area contributed by atoms with Gasteiger partial charge < -0.3 is 10.2 Å². The van der Waals surface area contributed by atoms with Crippen LogP contribution in [0.5, 0.6) is 5.75 Å². The van der Waals surface area contributed by atoms with Gasteiger partial charge in [0.15, 0.2) is 0 Å². The first-order chi connectivity index (χ1) is 9.06. The molecule has 0 atom stereocenters. The Balaban J connectivity index is 2.72. The first kappa shape index (κ1) is 14.1. The number of nitrogens with two attached hydrogens (primary N) is 1. The van der Waals surface area contributed by atoms with Crippen molar-refractivity contribution in [1.82, 2.24) is 4.98 Å². The Labute approximate surface area is 121 Å². The molecular weight excluding hydrogens is 306 g/mol. The number of anilines is 1. The Kier molecular flexibility index (Phi) is 4.27. The van der Waals surface area contributed by atoms with Gasteiger partial charge in [-0.25, -0.2) is 4.98 Å². The Morgan fingerprint density at radius 2 is 2.16 bits per heavy atom.